The second kappa shape index (κ2) is 7.50. The molecule has 1 fully saturated rings. The van der Waals surface area contributed by atoms with E-state index in [0.29, 0.717) is 23.8 Å². The summed E-state index contributed by atoms with van der Waals surface area (Å²) in [6, 6.07) is 2.85. The zero-order valence-electron chi connectivity index (χ0n) is 12.8. The van der Waals surface area contributed by atoms with E-state index in [1.165, 1.54) is 12.1 Å². The third kappa shape index (κ3) is 3.92. The van der Waals surface area contributed by atoms with Crippen molar-refractivity contribution in [3.8, 4) is 0 Å². The maximum absolute atomic E-state index is 12.6. The summed E-state index contributed by atoms with van der Waals surface area (Å²) in [6.45, 7) is 0.925. The first-order valence-electron chi connectivity index (χ1n) is 7.54. The van der Waals surface area contributed by atoms with Crippen LogP contribution in [0, 0.1) is 0 Å². The van der Waals surface area contributed by atoms with Crippen LogP contribution in [0.3, 0.4) is 0 Å². The Balaban J connectivity index is 1.63. The largest absolute Gasteiger partial charge is 0.349 e. The number of aromatic nitrogens is 2. The van der Waals surface area contributed by atoms with Crippen LogP contribution in [0.4, 0.5) is 0 Å². The van der Waals surface area contributed by atoms with Crippen molar-refractivity contribution in [1.29, 1.82) is 0 Å². The second-order valence-corrected chi connectivity index (χ2v) is 7.26. The van der Waals surface area contributed by atoms with E-state index >= 15 is 0 Å². The lowest BCUT2D eigenvalue weighted by Crippen LogP contribution is -2.43. The number of nitrogens with zero attached hydrogens (tertiary/aromatic N) is 1. The molecule has 2 amide bonds. The highest BCUT2D eigenvalue weighted by Crippen LogP contribution is 2.26. The van der Waals surface area contributed by atoms with Crippen molar-refractivity contribution in [2.45, 2.75) is 18.9 Å². The quantitative estimate of drug-likeness (QED) is 0.694. The smallest absolute Gasteiger partial charge is 0.270 e. The minimum atomic E-state index is -0.334. The first-order chi connectivity index (χ1) is 11.9. The SMILES string of the molecule is O=C(NC[C@H]1CCCN1C(=O)c1cc(Cl)c(Cl)[nH]1)c1cc(Cl)c(Cl)[nH]1. The van der Waals surface area contributed by atoms with Crippen LogP contribution in [-0.4, -0.2) is 45.8 Å². The van der Waals surface area contributed by atoms with Crippen molar-refractivity contribution in [2.24, 2.45) is 0 Å². The molecule has 6 nitrogen and oxygen atoms in total. The summed E-state index contributed by atoms with van der Waals surface area (Å²) >= 11 is 23.4. The van der Waals surface area contributed by atoms with Crippen molar-refractivity contribution in [3.05, 3.63) is 43.9 Å². The molecule has 134 valence electrons. The molecule has 1 atom stereocenters. The van der Waals surface area contributed by atoms with Gasteiger partial charge in [-0.2, -0.15) is 0 Å². The van der Waals surface area contributed by atoms with Gasteiger partial charge in [0.05, 0.1) is 10.0 Å². The van der Waals surface area contributed by atoms with Gasteiger partial charge in [-0.15, -0.1) is 0 Å². The summed E-state index contributed by atoms with van der Waals surface area (Å²) in [5, 5.41) is 3.82. The lowest BCUT2D eigenvalue weighted by Gasteiger charge is -2.24. The van der Waals surface area contributed by atoms with Gasteiger partial charge in [0.2, 0.25) is 0 Å². The highest BCUT2D eigenvalue weighted by Gasteiger charge is 2.31. The highest BCUT2D eigenvalue weighted by atomic mass is 35.5. The zero-order valence-corrected chi connectivity index (χ0v) is 15.9. The predicted molar refractivity (Wildman–Crippen MR) is 98.0 cm³/mol. The Morgan fingerprint density at radius 2 is 1.68 bits per heavy atom. The lowest BCUT2D eigenvalue weighted by molar-refractivity contribution is 0.0720. The minimum absolute atomic E-state index is 0.113. The number of hydrogen-bond acceptors (Lipinski definition) is 2. The van der Waals surface area contributed by atoms with E-state index in [0.717, 1.165) is 12.8 Å². The number of amides is 2. The molecule has 3 heterocycles. The van der Waals surface area contributed by atoms with Crippen LogP contribution in [-0.2, 0) is 0 Å². The van der Waals surface area contributed by atoms with Gasteiger partial charge >= 0.3 is 0 Å². The molecular formula is C15H14Cl4N4O2. The number of carbonyl (C=O) groups is 2. The number of carbonyl (C=O) groups excluding carboxylic acids is 2. The molecule has 0 spiro atoms. The topological polar surface area (TPSA) is 81.0 Å². The van der Waals surface area contributed by atoms with Gasteiger partial charge in [0.15, 0.2) is 0 Å². The van der Waals surface area contributed by atoms with Crippen LogP contribution in [0.2, 0.25) is 20.4 Å². The van der Waals surface area contributed by atoms with Crippen molar-refractivity contribution in [1.82, 2.24) is 20.2 Å². The third-order valence-electron chi connectivity index (χ3n) is 4.06. The summed E-state index contributed by atoms with van der Waals surface area (Å²) in [5.41, 5.74) is 0.602. The van der Waals surface area contributed by atoms with Crippen molar-refractivity contribution in [3.63, 3.8) is 0 Å². The second-order valence-electron chi connectivity index (χ2n) is 5.69. The molecule has 0 aliphatic carbocycles. The molecule has 0 bridgehead atoms. The Morgan fingerprint density at radius 3 is 2.24 bits per heavy atom. The first-order valence-corrected chi connectivity index (χ1v) is 9.05. The molecule has 3 N–H and O–H groups in total. The van der Waals surface area contributed by atoms with Crippen LogP contribution < -0.4 is 5.32 Å². The molecule has 1 saturated heterocycles. The monoisotopic (exact) mass is 422 g/mol. The number of halogens is 4. The molecule has 10 heteroatoms. The van der Waals surface area contributed by atoms with Crippen LogP contribution in [0.25, 0.3) is 0 Å². The number of rotatable bonds is 4. The van der Waals surface area contributed by atoms with Gasteiger partial charge in [0.1, 0.15) is 21.7 Å². The number of likely N-dealkylation sites (tertiary alicyclic amines) is 1. The Bertz CT molecular complexity index is 778. The first kappa shape index (κ1) is 18.5. The maximum atomic E-state index is 12.6. The van der Waals surface area contributed by atoms with E-state index in [-0.39, 0.29) is 38.9 Å². The summed E-state index contributed by atoms with van der Waals surface area (Å²) in [7, 11) is 0. The number of H-pyrrole nitrogens is 2. The fraction of sp³-hybridized carbons (Fsp3) is 0.333. The van der Waals surface area contributed by atoms with Gasteiger partial charge in [-0.25, -0.2) is 0 Å². The van der Waals surface area contributed by atoms with Gasteiger partial charge in [-0.05, 0) is 25.0 Å². The summed E-state index contributed by atoms with van der Waals surface area (Å²) in [4.78, 5) is 31.9. The van der Waals surface area contributed by atoms with Crippen molar-refractivity contribution < 1.29 is 9.59 Å². The van der Waals surface area contributed by atoms with Gasteiger partial charge in [-0.1, -0.05) is 46.4 Å². The van der Waals surface area contributed by atoms with E-state index in [2.05, 4.69) is 15.3 Å². The molecule has 0 radical (unpaired) electrons. The highest BCUT2D eigenvalue weighted by molar-refractivity contribution is 6.42. The summed E-state index contributed by atoms with van der Waals surface area (Å²) < 4.78 is 0. The zero-order chi connectivity index (χ0) is 18.1. The minimum Gasteiger partial charge on any atom is -0.349 e. The number of nitrogens with one attached hydrogen (secondary N) is 3. The Hall–Kier alpha value is -1.34. The van der Waals surface area contributed by atoms with Crippen LogP contribution in [0.15, 0.2) is 12.1 Å². The van der Waals surface area contributed by atoms with Gasteiger partial charge < -0.3 is 20.2 Å². The number of hydrogen-bond donors (Lipinski definition) is 3. The molecule has 2 aromatic heterocycles. The molecule has 1 aliphatic rings. The molecular weight excluding hydrogens is 410 g/mol. The van der Waals surface area contributed by atoms with Crippen molar-refractivity contribution >= 4 is 58.2 Å². The van der Waals surface area contributed by atoms with Gasteiger partial charge in [0.25, 0.3) is 11.8 Å². The maximum Gasteiger partial charge on any atom is 0.270 e. The molecule has 1 aliphatic heterocycles. The summed E-state index contributed by atoms with van der Waals surface area (Å²) in [5.74, 6) is -0.532. The van der Waals surface area contributed by atoms with E-state index in [4.69, 9.17) is 46.4 Å². The van der Waals surface area contributed by atoms with E-state index in [1.807, 2.05) is 0 Å². The normalized spacial score (nSPS) is 17.1. The fourth-order valence-electron chi connectivity index (χ4n) is 2.82. The third-order valence-corrected chi connectivity index (χ3v) is 5.45. The number of aromatic amines is 2. The van der Waals surface area contributed by atoms with E-state index in [1.54, 1.807) is 4.90 Å². The molecule has 0 unspecified atom stereocenters. The Kier molecular flexibility index (Phi) is 5.53. The Labute approximate surface area is 163 Å². The standard InChI is InChI=1S/C15H14Cl4N4O2/c16-8-4-10(21-12(8)18)14(24)20-6-7-2-1-3-23(7)15(25)11-5-9(17)13(19)22-11/h4-5,7,21-22H,1-3,6H2,(H,20,24)/t7-/m1/s1. The van der Waals surface area contributed by atoms with Gasteiger partial charge in [0, 0.05) is 19.1 Å². The Morgan fingerprint density at radius 1 is 1.08 bits per heavy atom. The van der Waals surface area contributed by atoms with Crippen LogP contribution >= 0.6 is 46.4 Å². The molecule has 0 saturated carbocycles. The predicted octanol–water partition coefficient (Wildman–Crippen LogP) is 3.99. The van der Waals surface area contributed by atoms with Crippen LogP contribution in [0.5, 0.6) is 0 Å². The molecule has 3 rings (SSSR count). The van der Waals surface area contributed by atoms with E-state index in [9.17, 15) is 9.59 Å². The average molecular weight is 424 g/mol. The molecule has 0 aromatic carbocycles. The lowest BCUT2D eigenvalue weighted by atomic mass is 10.2. The molecule has 2 aromatic rings. The summed E-state index contributed by atoms with van der Waals surface area (Å²) in [6.07, 6.45) is 1.65. The van der Waals surface area contributed by atoms with E-state index < -0.39 is 0 Å². The average Bonchev–Trinajstić information content (AvgIpc) is 3.26. The van der Waals surface area contributed by atoms with Gasteiger partial charge in [-0.3, -0.25) is 9.59 Å². The van der Waals surface area contributed by atoms with Crippen molar-refractivity contribution in [2.75, 3.05) is 13.1 Å². The fourth-order valence-corrected chi connectivity index (χ4v) is 3.45. The molecule has 25 heavy (non-hydrogen) atoms. The van der Waals surface area contributed by atoms with Crippen LogP contribution in [0.1, 0.15) is 33.8 Å².